The topological polar surface area (TPSA) is 173 Å². The molecule has 3 N–H and O–H groups in total. The van der Waals surface area contributed by atoms with E-state index in [1.807, 2.05) is 38.1 Å². The van der Waals surface area contributed by atoms with Crippen molar-refractivity contribution in [2.24, 2.45) is 0 Å². The molecule has 2 aromatic carbocycles. The van der Waals surface area contributed by atoms with Gasteiger partial charge in [0, 0.05) is 41.8 Å². The monoisotopic (exact) mass is 843 g/mol. The molecular formula is C37H42ClN7O6S4. The summed E-state index contributed by atoms with van der Waals surface area (Å²) < 4.78 is 24.3. The van der Waals surface area contributed by atoms with Gasteiger partial charge in [0.05, 0.1) is 49.7 Å². The maximum absolute atomic E-state index is 12.2. The Hall–Kier alpha value is -4.99. The van der Waals surface area contributed by atoms with Crippen LogP contribution in [0.1, 0.15) is 25.7 Å². The molecule has 0 aliphatic carbocycles. The molecule has 0 bridgehead atoms. The van der Waals surface area contributed by atoms with Crippen LogP contribution >= 0.6 is 58.3 Å². The minimum atomic E-state index is -0.260. The van der Waals surface area contributed by atoms with E-state index in [1.54, 1.807) is 75.1 Å². The third-order valence-electron chi connectivity index (χ3n) is 6.58. The number of nitrogens with one attached hydrogen (secondary N) is 3. The fourth-order valence-electron chi connectivity index (χ4n) is 4.24. The number of anilines is 2. The van der Waals surface area contributed by atoms with E-state index in [0.29, 0.717) is 34.4 Å². The van der Waals surface area contributed by atoms with Gasteiger partial charge >= 0.3 is 0 Å². The molecule has 0 radical (unpaired) electrons. The number of nitrogens with zero attached hydrogens (tertiary/aromatic N) is 4. The van der Waals surface area contributed by atoms with Crippen LogP contribution in [-0.2, 0) is 9.59 Å². The lowest BCUT2D eigenvalue weighted by Gasteiger charge is -2.10. The van der Waals surface area contributed by atoms with Crippen LogP contribution < -0.4 is 29.6 Å². The number of hydrogen-bond donors (Lipinski definition) is 3. The maximum Gasteiger partial charge on any atom is 0.239 e. The number of methoxy groups -OCH3 is 4. The molecule has 0 aliphatic rings. The van der Waals surface area contributed by atoms with Crippen LogP contribution in [0.15, 0.2) is 65.0 Å². The van der Waals surface area contributed by atoms with Gasteiger partial charge in [-0.2, -0.15) is 5.26 Å². The molecule has 0 saturated carbocycles. The van der Waals surface area contributed by atoms with Crippen molar-refractivity contribution < 1.29 is 28.5 Å². The van der Waals surface area contributed by atoms with Gasteiger partial charge in [-0.05, 0) is 74.6 Å². The molecule has 18 heteroatoms. The molecule has 0 atom stereocenters. The van der Waals surface area contributed by atoms with Crippen molar-refractivity contribution in [3.8, 4) is 29.1 Å². The Morgan fingerprint density at radius 1 is 0.800 bits per heavy atom. The van der Waals surface area contributed by atoms with E-state index in [1.165, 1.54) is 37.1 Å². The third kappa shape index (κ3) is 14.6. The number of benzene rings is 2. The number of aryl methyl sites for hydroxylation is 2. The highest BCUT2D eigenvalue weighted by atomic mass is 35.5. The fourth-order valence-corrected chi connectivity index (χ4v) is 7.15. The molecule has 0 unspecified atom stereocenters. The molecule has 4 heterocycles. The largest absolute Gasteiger partial charge is 0.493 e. The summed E-state index contributed by atoms with van der Waals surface area (Å²) >= 11 is 14.8. The third-order valence-corrected chi connectivity index (χ3v) is 10.2. The highest BCUT2D eigenvalue weighted by Gasteiger charge is 2.11. The molecule has 55 heavy (non-hydrogen) atoms. The maximum atomic E-state index is 12.2. The van der Waals surface area contributed by atoms with Gasteiger partial charge < -0.3 is 34.6 Å². The minimum Gasteiger partial charge on any atom is -0.493 e. The number of carbonyl (C=O) groups is 2. The summed E-state index contributed by atoms with van der Waals surface area (Å²) in [5, 5.41) is 12.8. The van der Waals surface area contributed by atoms with Crippen LogP contribution in [0.5, 0.6) is 23.0 Å². The molecule has 292 valence electrons. The molecule has 6 aromatic rings. The van der Waals surface area contributed by atoms with Gasteiger partial charge in [0.25, 0.3) is 0 Å². The Morgan fingerprint density at radius 2 is 1.31 bits per heavy atom. The number of carbonyl (C=O) groups excluding carboxylic acids is 2. The summed E-state index contributed by atoms with van der Waals surface area (Å²) in [5.74, 6) is 2.19. The van der Waals surface area contributed by atoms with Gasteiger partial charge in [-0.15, -0.1) is 34.3 Å². The van der Waals surface area contributed by atoms with E-state index in [0.717, 1.165) is 40.4 Å². The molecule has 13 nitrogen and oxygen atoms in total. The Kier molecular flexibility index (Phi) is 19.9. The lowest BCUT2D eigenvalue weighted by atomic mass is 10.2. The van der Waals surface area contributed by atoms with Crippen LogP contribution in [0.4, 0.5) is 11.4 Å². The molecule has 2 amide bonds. The number of amides is 2. The summed E-state index contributed by atoms with van der Waals surface area (Å²) in [5.41, 5.74) is 4.86. The molecule has 0 spiro atoms. The van der Waals surface area contributed by atoms with Gasteiger partial charge in [-0.25, -0.2) is 15.0 Å². The SMILES string of the molecule is C.CC#N.COc1ccc(NC(=O)CCl)cc1OC.COc1ccc(NC(=O)CSc2nc3nc(C)ccc3s2)cc1OC.Cc1ccc2sc(=S)[nH]c2n1. The predicted molar refractivity (Wildman–Crippen MR) is 228 cm³/mol. The van der Waals surface area contributed by atoms with Crippen molar-refractivity contribution in [3.63, 3.8) is 0 Å². The number of thioether (sulfide) groups is 1. The number of nitriles is 1. The van der Waals surface area contributed by atoms with Crippen LogP contribution in [0.3, 0.4) is 0 Å². The first-order chi connectivity index (χ1) is 26.0. The average Bonchev–Trinajstić information content (AvgIpc) is 3.75. The fraction of sp³-hybridized carbons (Fsp3) is 0.270. The highest BCUT2D eigenvalue weighted by molar-refractivity contribution is 8.01. The number of rotatable bonds is 10. The Bertz CT molecular complexity index is 2270. The number of alkyl halides is 1. The van der Waals surface area contributed by atoms with Crippen LogP contribution in [0.25, 0.3) is 20.7 Å². The van der Waals surface area contributed by atoms with E-state index in [9.17, 15) is 9.59 Å². The lowest BCUT2D eigenvalue weighted by molar-refractivity contribution is -0.114. The Labute approximate surface area is 342 Å². The van der Waals surface area contributed by atoms with Crippen LogP contribution in [-0.4, -0.2) is 71.8 Å². The number of hydrogen-bond acceptors (Lipinski definition) is 14. The Morgan fingerprint density at radius 3 is 1.84 bits per heavy atom. The normalized spacial score (nSPS) is 9.73. The van der Waals surface area contributed by atoms with Crippen molar-refractivity contribution >= 4 is 102 Å². The summed E-state index contributed by atoms with van der Waals surface area (Å²) in [6.45, 7) is 5.33. The van der Waals surface area contributed by atoms with E-state index >= 15 is 0 Å². The predicted octanol–water partition coefficient (Wildman–Crippen LogP) is 9.46. The number of aromatic amines is 1. The molecule has 6 rings (SSSR count). The van der Waals surface area contributed by atoms with Gasteiger partial charge in [-0.3, -0.25) is 9.59 Å². The minimum absolute atomic E-state index is 0. The number of pyridine rings is 2. The Balaban J connectivity index is 0.000000296. The zero-order chi connectivity index (χ0) is 39.6. The number of H-pyrrole nitrogens is 1. The van der Waals surface area contributed by atoms with Crippen molar-refractivity contribution in [1.29, 1.82) is 5.26 Å². The first kappa shape index (κ1) is 46.2. The molecule has 0 aliphatic heterocycles. The number of ether oxygens (including phenoxy) is 4. The summed E-state index contributed by atoms with van der Waals surface area (Å²) in [6.07, 6.45) is 0. The van der Waals surface area contributed by atoms with Crippen molar-refractivity contribution in [2.45, 2.75) is 32.5 Å². The quantitative estimate of drug-likeness (QED) is 0.0678. The smallest absolute Gasteiger partial charge is 0.239 e. The van der Waals surface area contributed by atoms with Crippen LogP contribution in [0, 0.1) is 29.1 Å². The summed E-state index contributed by atoms with van der Waals surface area (Å²) in [6, 6.07) is 20.1. The lowest BCUT2D eigenvalue weighted by Crippen LogP contribution is -2.14. The van der Waals surface area contributed by atoms with Gasteiger partial charge in [0.2, 0.25) is 11.8 Å². The van der Waals surface area contributed by atoms with Crippen molar-refractivity contribution in [2.75, 3.05) is 50.7 Å². The number of aromatic nitrogens is 4. The summed E-state index contributed by atoms with van der Waals surface area (Å²) in [7, 11) is 6.21. The second-order valence-electron chi connectivity index (χ2n) is 10.4. The second kappa shape index (κ2) is 23.7. The number of thiazole rings is 2. The molecule has 4 aromatic heterocycles. The average molecular weight is 845 g/mol. The van der Waals surface area contributed by atoms with Crippen molar-refractivity contribution in [1.82, 2.24) is 19.9 Å². The number of fused-ring (bicyclic) bond motifs is 2. The second-order valence-corrected chi connectivity index (χ2v) is 14.7. The van der Waals surface area contributed by atoms with E-state index < -0.39 is 0 Å². The first-order valence-electron chi connectivity index (χ1n) is 15.7. The van der Waals surface area contributed by atoms with Gasteiger partial charge in [0.15, 0.2) is 36.9 Å². The van der Waals surface area contributed by atoms with Gasteiger partial charge in [0.1, 0.15) is 11.5 Å². The molecular weight excluding hydrogens is 802 g/mol. The zero-order valence-electron chi connectivity index (χ0n) is 30.4. The van der Waals surface area contributed by atoms with Gasteiger partial charge in [-0.1, -0.05) is 19.2 Å². The van der Waals surface area contributed by atoms with E-state index in [-0.39, 0.29) is 30.9 Å². The molecule has 0 saturated heterocycles. The van der Waals surface area contributed by atoms with E-state index in [4.69, 9.17) is 48.0 Å². The summed E-state index contributed by atoms with van der Waals surface area (Å²) in [4.78, 5) is 39.3. The first-order valence-corrected chi connectivity index (χ1v) is 19.3. The highest BCUT2D eigenvalue weighted by Crippen LogP contribution is 2.32. The standard InChI is InChI=1S/C17H17N3O3S2.C10H12ClNO3.C7H6N2S2.C2H3N.CH4/c1-10-4-7-14-16(18-10)20-17(25-14)24-9-15(21)19-11-5-6-12(22-2)13(8-11)23-3;1-14-8-4-3-7(5-9(8)15-2)12-10(13)6-11;1-4-2-3-5-6(8-4)9-7(10)11-5;1-2-3;/h4-8H,9H2,1-3H3,(H,19,21);3-5H,6H2,1-2H3,(H,12,13);2-3H,1H3,(H,8,9,10);1H3;1H4. The number of halogens is 1. The molecule has 0 fully saturated rings. The van der Waals surface area contributed by atoms with E-state index in [2.05, 4.69) is 30.6 Å². The zero-order valence-corrected chi connectivity index (χ0v) is 34.5. The van der Waals surface area contributed by atoms with Crippen LogP contribution in [0.2, 0.25) is 0 Å². The van der Waals surface area contributed by atoms with Crippen molar-refractivity contribution in [3.05, 3.63) is 76.0 Å².